The first-order chi connectivity index (χ1) is 12.3. The lowest BCUT2D eigenvalue weighted by molar-refractivity contribution is 0.626. The number of halogens is 2. The predicted octanol–water partition coefficient (Wildman–Crippen LogP) is 5.39. The predicted molar refractivity (Wildman–Crippen MR) is 106 cm³/mol. The van der Waals surface area contributed by atoms with Gasteiger partial charge < -0.3 is 10.6 Å². The fourth-order valence-electron chi connectivity index (χ4n) is 2.28. The Morgan fingerprint density at radius 1 is 1.00 bits per heavy atom. The summed E-state index contributed by atoms with van der Waals surface area (Å²) in [5.74, 6) is 0.760. The van der Waals surface area contributed by atoms with Crippen molar-refractivity contribution in [2.75, 3.05) is 10.6 Å². The molecule has 2 N–H and O–H groups in total. The van der Waals surface area contributed by atoms with Crippen molar-refractivity contribution in [3.05, 3.63) is 59.0 Å². The van der Waals surface area contributed by atoms with E-state index in [0.717, 1.165) is 5.69 Å². The number of nitrogens with zero attached hydrogens (tertiary/aromatic N) is 3. The third-order valence-electron chi connectivity index (χ3n) is 3.33. The molecule has 2 heterocycles. The van der Waals surface area contributed by atoms with Crippen LogP contribution in [0.15, 0.2) is 53.1 Å². The third kappa shape index (κ3) is 4.76. The zero-order valence-corrected chi connectivity index (χ0v) is 16.3. The number of hydrogen-bond donors (Lipinski definition) is 2. The van der Waals surface area contributed by atoms with E-state index in [2.05, 4.69) is 41.5 Å². The number of aromatic nitrogens is 3. The molecule has 26 heavy (non-hydrogen) atoms. The average molecular weight is 416 g/mol. The van der Waals surface area contributed by atoms with Crippen LogP contribution in [0.3, 0.4) is 0 Å². The van der Waals surface area contributed by atoms with E-state index in [1.807, 2.05) is 45.0 Å². The Morgan fingerprint density at radius 2 is 1.81 bits per heavy atom. The smallest absolute Gasteiger partial charge is 0.225 e. The van der Waals surface area contributed by atoms with E-state index in [-0.39, 0.29) is 11.4 Å². The number of benzene rings is 1. The van der Waals surface area contributed by atoms with Crippen LogP contribution >= 0.6 is 15.9 Å². The Bertz CT molecular complexity index is 910. The van der Waals surface area contributed by atoms with Crippen molar-refractivity contribution in [3.63, 3.8) is 0 Å². The number of hydrogen-bond acceptors (Lipinski definition) is 5. The van der Waals surface area contributed by atoms with E-state index < -0.39 is 0 Å². The first-order valence-corrected chi connectivity index (χ1v) is 8.90. The Kier molecular flexibility index (Phi) is 5.18. The maximum atomic E-state index is 13.3. The number of anilines is 3. The monoisotopic (exact) mass is 415 g/mol. The molecule has 2 aromatic heterocycles. The van der Waals surface area contributed by atoms with Crippen molar-refractivity contribution in [3.8, 4) is 11.4 Å². The highest BCUT2D eigenvalue weighted by atomic mass is 79.9. The Hall–Kier alpha value is -2.54. The van der Waals surface area contributed by atoms with Gasteiger partial charge in [-0.15, -0.1) is 0 Å². The summed E-state index contributed by atoms with van der Waals surface area (Å²) < 4.78 is 13.9. The lowest BCUT2D eigenvalue weighted by atomic mass is 10.1. The highest BCUT2D eigenvalue weighted by Gasteiger charge is 2.15. The molecule has 5 nitrogen and oxygen atoms in total. The maximum absolute atomic E-state index is 13.3. The van der Waals surface area contributed by atoms with Crippen molar-refractivity contribution in [1.29, 1.82) is 0 Å². The van der Waals surface area contributed by atoms with Crippen LogP contribution in [0.1, 0.15) is 20.8 Å². The molecular formula is C19H19BrFN5. The van der Waals surface area contributed by atoms with Crippen molar-refractivity contribution in [2.24, 2.45) is 0 Å². The summed E-state index contributed by atoms with van der Waals surface area (Å²) in [5.41, 5.74) is 1.94. The Labute approximate surface area is 160 Å². The topological polar surface area (TPSA) is 62.7 Å². The summed E-state index contributed by atoms with van der Waals surface area (Å²) >= 11 is 3.36. The maximum Gasteiger partial charge on any atom is 0.225 e. The summed E-state index contributed by atoms with van der Waals surface area (Å²) in [4.78, 5) is 13.5. The molecular weight excluding hydrogens is 397 g/mol. The van der Waals surface area contributed by atoms with E-state index in [4.69, 9.17) is 0 Å². The average Bonchev–Trinajstić information content (AvgIpc) is 2.56. The van der Waals surface area contributed by atoms with Gasteiger partial charge in [-0.2, -0.15) is 4.98 Å². The van der Waals surface area contributed by atoms with Gasteiger partial charge in [-0.05, 0) is 67.0 Å². The van der Waals surface area contributed by atoms with Crippen molar-refractivity contribution in [1.82, 2.24) is 15.0 Å². The molecule has 0 spiro atoms. The molecule has 0 atom stereocenters. The summed E-state index contributed by atoms with van der Waals surface area (Å²) in [6.45, 7) is 6.11. The lowest BCUT2D eigenvalue weighted by Crippen LogP contribution is -2.27. The molecule has 0 aliphatic heterocycles. The van der Waals surface area contributed by atoms with Gasteiger partial charge in [-0.25, -0.2) is 9.37 Å². The first kappa shape index (κ1) is 18.3. The first-order valence-electron chi connectivity index (χ1n) is 8.11. The van der Waals surface area contributed by atoms with E-state index in [9.17, 15) is 4.39 Å². The molecule has 3 rings (SSSR count). The summed E-state index contributed by atoms with van der Waals surface area (Å²) in [7, 11) is 0. The molecule has 0 fully saturated rings. The van der Waals surface area contributed by atoms with E-state index in [1.165, 1.54) is 12.1 Å². The number of pyridine rings is 1. The second-order valence-electron chi connectivity index (χ2n) is 6.80. The molecule has 134 valence electrons. The number of rotatable bonds is 4. The molecule has 3 aromatic rings. The molecule has 0 radical (unpaired) electrons. The van der Waals surface area contributed by atoms with Gasteiger partial charge in [0.05, 0.1) is 17.1 Å². The normalized spacial score (nSPS) is 11.3. The summed E-state index contributed by atoms with van der Waals surface area (Å²) in [5, 5.41) is 6.48. The minimum atomic E-state index is -0.311. The van der Waals surface area contributed by atoms with Crippen LogP contribution in [0.5, 0.6) is 0 Å². The van der Waals surface area contributed by atoms with Gasteiger partial charge in [-0.3, -0.25) is 4.98 Å². The highest BCUT2D eigenvalue weighted by Crippen LogP contribution is 2.28. The fraction of sp³-hybridized carbons (Fsp3) is 0.211. The Morgan fingerprint density at radius 3 is 2.46 bits per heavy atom. The van der Waals surface area contributed by atoms with Crippen LogP contribution in [0.4, 0.5) is 21.8 Å². The van der Waals surface area contributed by atoms with Crippen LogP contribution < -0.4 is 10.6 Å². The molecule has 0 bridgehead atoms. The second-order valence-corrected chi connectivity index (χ2v) is 7.66. The Balaban J connectivity index is 2.01. The van der Waals surface area contributed by atoms with Crippen LogP contribution in [0.25, 0.3) is 11.4 Å². The van der Waals surface area contributed by atoms with Crippen molar-refractivity contribution < 1.29 is 4.39 Å². The number of nitrogens with one attached hydrogen (secondary N) is 2. The van der Waals surface area contributed by atoms with Crippen molar-refractivity contribution >= 4 is 33.4 Å². The molecule has 0 aliphatic rings. The van der Waals surface area contributed by atoms with E-state index >= 15 is 0 Å². The molecule has 1 aromatic carbocycles. The zero-order valence-electron chi connectivity index (χ0n) is 14.7. The van der Waals surface area contributed by atoms with Crippen LogP contribution in [-0.2, 0) is 0 Å². The third-order valence-corrected chi connectivity index (χ3v) is 3.99. The zero-order chi connectivity index (χ0) is 18.7. The largest absolute Gasteiger partial charge is 0.350 e. The van der Waals surface area contributed by atoms with Gasteiger partial charge in [0, 0.05) is 22.3 Å². The molecule has 0 saturated carbocycles. The van der Waals surface area contributed by atoms with Gasteiger partial charge in [0.2, 0.25) is 5.95 Å². The summed E-state index contributed by atoms with van der Waals surface area (Å²) in [6.07, 6.45) is 1.72. The van der Waals surface area contributed by atoms with Crippen LogP contribution in [0, 0.1) is 5.82 Å². The fourth-order valence-corrected chi connectivity index (χ4v) is 2.73. The standard InChI is InChI=1S/C19H19BrFN5/c1-19(2,3)26-18-24-16(15-6-4-5-9-22-15)11-17(25-18)23-14-8-7-12(21)10-13(14)20/h4-11H,1-3H3,(H2,23,24,25,26). The van der Waals surface area contributed by atoms with Gasteiger partial charge in [-0.1, -0.05) is 6.07 Å². The second kappa shape index (κ2) is 7.37. The van der Waals surface area contributed by atoms with Crippen LogP contribution in [0.2, 0.25) is 0 Å². The molecule has 0 amide bonds. The highest BCUT2D eigenvalue weighted by molar-refractivity contribution is 9.10. The molecule has 0 saturated heterocycles. The molecule has 0 unspecified atom stereocenters. The van der Waals surface area contributed by atoms with E-state index in [0.29, 0.717) is 27.6 Å². The lowest BCUT2D eigenvalue weighted by Gasteiger charge is -2.21. The molecule has 7 heteroatoms. The van der Waals surface area contributed by atoms with Crippen molar-refractivity contribution in [2.45, 2.75) is 26.3 Å². The minimum absolute atomic E-state index is 0.198. The van der Waals surface area contributed by atoms with Gasteiger partial charge in [0.25, 0.3) is 0 Å². The van der Waals surface area contributed by atoms with Crippen LogP contribution in [-0.4, -0.2) is 20.5 Å². The quantitative estimate of drug-likeness (QED) is 0.597. The SMILES string of the molecule is CC(C)(C)Nc1nc(Nc2ccc(F)cc2Br)cc(-c2ccccn2)n1. The van der Waals surface area contributed by atoms with E-state index in [1.54, 1.807) is 12.3 Å². The molecule has 0 aliphatic carbocycles. The van der Waals surface area contributed by atoms with Gasteiger partial charge in [0.1, 0.15) is 11.6 Å². The van der Waals surface area contributed by atoms with Gasteiger partial charge in [0.15, 0.2) is 0 Å². The summed E-state index contributed by atoms with van der Waals surface area (Å²) in [6, 6.07) is 11.9. The minimum Gasteiger partial charge on any atom is -0.350 e. The van der Waals surface area contributed by atoms with Gasteiger partial charge >= 0.3 is 0 Å².